The maximum atomic E-state index is 12.5. The van der Waals surface area contributed by atoms with Crippen molar-refractivity contribution in [2.24, 2.45) is 0 Å². The highest BCUT2D eigenvalue weighted by atomic mass is 16.2. The molecule has 0 atom stereocenters. The van der Waals surface area contributed by atoms with E-state index >= 15 is 0 Å². The molecule has 31 heavy (non-hydrogen) atoms. The van der Waals surface area contributed by atoms with Gasteiger partial charge < -0.3 is 25.8 Å². The zero-order chi connectivity index (χ0) is 22.2. The molecule has 8 nitrogen and oxygen atoms in total. The van der Waals surface area contributed by atoms with Gasteiger partial charge in [-0.2, -0.15) is 0 Å². The molecule has 3 rings (SSSR count). The summed E-state index contributed by atoms with van der Waals surface area (Å²) in [5.41, 5.74) is 2.17. The summed E-state index contributed by atoms with van der Waals surface area (Å²) >= 11 is 0. The minimum atomic E-state index is -0.325. The Morgan fingerprint density at radius 1 is 0.903 bits per heavy atom. The van der Waals surface area contributed by atoms with Crippen LogP contribution in [0, 0.1) is 0 Å². The summed E-state index contributed by atoms with van der Waals surface area (Å²) < 4.78 is 0. The van der Waals surface area contributed by atoms with E-state index in [4.69, 9.17) is 0 Å². The molecule has 1 heterocycles. The Hall–Kier alpha value is -3.55. The van der Waals surface area contributed by atoms with Crippen LogP contribution in [0.25, 0.3) is 0 Å². The smallest absolute Gasteiger partial charge is 0.319 e. The van der Waals surface area contributed by atoms with Crippen LogP contribution in [0.5, 0.6) is 0 Å². The number of nitrogens with zero attached hydrogens (tertiary/aromatic N) is 2. The molecule has 2 aromatic carbocycles. The molecule has 0 bridgehead atoms. The molecule has 0 saturated carbocycles. The molecule has 1 aliphatic rings. The van der Waals surface area contributed by atoms with Gasteiger partial charge in [-0.3, -0.25) is 9.59 Å². The molecule has 4 amide bonds. The average molecular weight is 424 g/mol. The fourth-order valence-electron chi connectivity index (χ4n) is 3.36. The summed E-state index contributed by atoms with van der Waals surface area (Å²) in [5, 5.41) is 8.11. The van der Waals surface area contributed by atoms with E-state index in [0.717, 1.165) is 18.8 Å². The predicted molar refractivity (Wildman–Crippen MR) is 121 cm³/mol. The molecule has 0 radical (unpaired) electrons. The molecule has 0 unspecified atom stereocenters. The third kappa shape index (κ3) is 6.47. The van der Waals surface area contributed by atoms with Crippen molar-refractivity contribution in [2.45, 2.75) is 19.9 Å². The molecule has 8 heteroatoms. The Kier molecular flexibility index (Phi) is 7.48. The van der Waals surface area contributed by atoms with Crippen molar-refractivity contribution in [3.8, 4) is 0 Å². The predicted octanol–water partition coefficient (Wildman–Crippen LogP) is 2.30. The Bertz CT molecular complexity index is 891. The topological polar surface area (TPSA) is 93.8 Å². The first-order chi connectivity index (χ1) is 14.9. The molecular weight excluding hydrogens is 394 g/mol. The van der Waals surface area contributed by atoms with Crippen LogP contribution in [-0.2, 0) is 4.79 Å². The first-order valence-corrected chi connectivity index (χ1v) is 10.5. The number of para-hydroxylation sites is 1. The number of urea groups is 1. The molecule has 1 aliphatic heterocycles. The van der Waals surface area contributed by atoms with E-state index in [9.17, 15) is 14.4 Å². The second-order valence-electron chi connectivity index (χ2n) is 7.72. The Morgan fingerprint density at radius 3 is 2.16 bits per heavy atom. The van der Waals surface area contributed by atoms with Gasteiger partial charge in [0.25, 0.3) is 5.91 Å². The number of hydrogen-bond acceptors (Lipinski definition) is 4. The second kappa shape index (κ2) is 10.5. The standard InChI is InChI=1S/C23H29N5O3/c1-17(2)25-23(31)26-19-10-8-18(9-11-19)22(30)24-16-21(29)28-14-12-27(13-15-28)20-6-4-3-5-7-20/h3-11,17H,12-16H2,1-2H3,(H,24,30)(H2,25,26,31). The quantitative estimate of drug-likeness (QED) is 0.665. The Balaban J connectivity index is 1.43. The minimum absolute atomic E-state index is 0.0314. The van der Waals surface area contributed by atoms with E-state index in [-0.39, 0.29) is 30.4 Å². The van der Waals surface area contributed by atoms with Gasteiger partial charge in [-0.1, -0.05) is 18.2 Å². The number of benzene rings is 2. The fourth-order valence-corrected chi connectivity index (χ4v) is 3.36. The van der Waals surface area contributed by atoms with Gasteiger partial charge in [0.1, 0.15) is 0 Å². The molecular formula is C23H29N5O3. The molecule has 1 fully saturated rings. The lowest BCUT2D eigenvalue weighted by Gasteiger charge is -2.36. The van der Waals surface area contributed by atoms with Crippen molar-refractivity contribution < 1.29 is 14.4 Å². The number of nitrogens with one attached hydrogen (secondary N) is 3. The Morgan fingerprint density at radius 2 is 1.55 bits per heavy atom. The van der Waals surface area contributed by atoms with Crippen LogP contribution in [0.2, 0.25) is 0 Å². The lowest BCUT2D eigenvalue weighted by atomic mass is 10.2. The van der Waals surface area contributed by atoms with Crippen molar-refractivity contribution in [3.63, 3.8) is 0 Å². The summed E-state index contributed by atoms with van der Waals surface area (Å²) in [7, 11) is 0. The summed E-state index contributed by atoms with van der Waals surface area (Å²) in [6.07, 6.45) is 0. The largest absolute Gasteiger partial charge is 0.368 e. The number of carbonyl (C=O) groups excluding carboxylic acids is 3. The van der Waals surface area contributed by atoms with Gasteiger partial charge in [-0.25, -0.2) is 4.79 Å². The van der Waals surface area contributed by atoms with Crippen molar-refractivity contribution in [2.75, 3.05) is 42.9 Å². The molecule has 0 aliphatic carbocycles. The SMILES string of the molecule is CC(C)NC(=O)Nc1ccc(C(=O)NCC(=O)N2CCN(c3ccccc3)CC2)cc1. The average Bonchev–Trinajstić information content (AvgIpc) is 2.78. The van der Waals surface area contributed by atoms with Crippen LogP contribution in [-0.4, -0.2) is 61.5 Å². The van der Waals surface area contributed by atoms with Crippen LogP contribution >= 0.6 is 0 Å². The van der Waals surface area contributed by atoms with Crippen LogP contribution < -0.4 is 20.9 Å². The number of piperazine rings is 1. The zero-order valence-corrected chi connectivity index (χ0v) is 17.9. The first-order valence-electron chi connectivity index (χ1n) is 10.5. The highest BCUT2D eigenvalue weighted by molar-refractivity contribution is 5.97. The van der Waals surface area contributed by atoms with Crippen molar-refractivity contribution >= 4 is 29.2 Å². The van der Waals surface area contributed by atoms with Crippen molar-refractivity contribution in [3.05, 3.63) is 60.2 Å². The number of amides is 4. The minimum Gasteiger partial charge on any atom is -0.368 e. The number of carbonyl (C=O) groups is 3. The van der Waals surface area contributed by atoms with Gasteiger partial charge in [0.05, 0.1) is 6.54 Å². The van der Waals surface area contributed by atoms with E-state index in [2.05, 4.69) is 33.0 Å². The summed E-state index contributed by atoms with van der Waals surface area (Å²) in [6, 6.07) is 16.4. The van der Waals surface area contributed by atoms with E-state index in [1.54, 1.807) is 29.2 Å². The molecule has 0 aromatic heterocycles. The molecule has 164 valence electrons. The molecule has 2 aromatic rings. The number of hydrogen-bond donors (Lipinski definition) is 3. The van der Waals surface area contributed by atoms with Gasteiger partial charge >= 0.3 is 6.03 Å². The van der Waals surface area contributed by atoms with Crippen LogP contribution in [0.3, 0.4) is 0 Å². The number of anilines is 2. The van der Waals surface area contributed by atoms with Gasteiger partial charge in [0.15, 0.2) is 0 Å². The maximum absolute atomic E-state index is 12.5. The summed E-state index contributed by atoms with van der Waals surface area (Å²) in [4.78, 5) is 40.6. The third-order valence-electron chi connectivity index (χ3n) is 4.98. The zero-order valence-electron chi connectivity index (χ0n) is 17.9. The van der Waals surface area contributed by atoms with Crippen LogP contribution in [0.4, 0.5) is 16.2 Å². The summed E-state index contributed by atoms with van der Waals surface area (Å²) in [5.74, 6) is -0.417. The molecule has 1 saturated heterocycles. The van der Waals surface area contributed by atoms with Gasteiger partial charge in [-0.15, -0.1) is 0 Å². The highest BCUT2D eigenvalue weighted by Gasteiger charge is 2.21. The van der Waals surface area contributed by atoms with Gasteiger partial charge in [0, 0.05) is 49.2 Å². The Labute approximate surface area is 182 Å². The van der Waals surface area contributed by atoms with E-state index in [0.29, 0.717) is 24.3 Å². The summed E-state index contributed by atoms with van der Waals surface area (Å²) in [6.45, 7) is 6.49. The van der Waals surface area contributed by atoms with E-state index in [1.165, 1.54) is 0 Å². The second-order valence-corrected chi connectivity index (χ2v) is 7.72. The van der Waals surface area contributed by atoms with Crippen molar-refractivity contribution in [1.29, 1.82) is 0 Å². The normalized spacial score (nSPS) is 13.6. The fraction of sp³-hybridized carbons (Fsp3) is 0.348. The lowest BCUT2D eigenvalue weighted by molar-refractivity contribution is -0.130. The number of rotatable bonds is 6. The maximum Gasteiger partial charge on any atom is 0.319 e. The molecule has 3 N–H and O–H groups in total. The van der Waals surface area contributed by atoms with Crippen LogP contribution in [0.15, 0.2) is 54.6 Å². The lowest BCUT2D eigenvalue weighted by Crippen LogP contribution is -2.51. The van der Waals surface area contributed by atoms with Gasteiger partial charge in [-0.05, 0) is 50.2 Å². The molecule has 0 spiro atoms. The highest BCUT2D eigenvalue weighted by Crippen LogP contribution is 2.15. The van der Waals surface area contributed by atoms with Crippen LogP contribution in [0.1, 0.15) is 24.2 Å². The van der Waals surface area contributed by atoms with Gasteiger partial charge in [0.2, 0.25) is 5.91 Å². The monoisotopic (exact) mass is 423 g/mol. The first kappa shape index (κ1) is 22.1. The third-order valence-corrected chi connectivity index (χ3v) is 4.98. The van der Waals surface area contributed by atoms with Crippen molar-refractivity contribution in [1.82, 2.24) is 15.5 Å². The van der Waals surface area contributed by atoms with E-state index in [1.807, 2.05) is 32.0 Å². The van der Waals surface area contributed by atoms with E-state index < -0.39 is 0 Å².